The molecule has 0 aliphatic heterocycles. The molecular formula is C11H20N4O2S. The van der Waals surface area contributed by atoms with Crippen LogP contribution >= 0.6 is 0 Å². The molecule has 7 heteroatoms. The molecule has 0 atom stereocenters. The highest BCUT2D eigenvalue weighted by molar-refractivity contribution is 7.89. The largest absolute Gasteiger partial charge is 0.368 e. The molecule has 0 saturated heterocycles. The Morgan fingerprint density at radius 2 is 1.94 bits per heavy atom. The summed E-state index contributed by atoms with van der Waals surface area (Å²) in [7, 11) is -3.69. The van der Waals surface area contributed by atoms with Gasteiger partial charge in [0.15, 0.2) is 0 Å². The van der Waals surface area contributed by atoms with Crippen LogP contribution in [0.25, 0.3) is 0 Å². The number of primary sulfonamides is 1. The zero-order valence-electron chi connectivity index (χ0n) is 10.7. The molecule has 0 aliphatic rings. The summed E-state index contributed by atoms with van der Waals surface area (Å²) in [5.41, 5.74) is 5.86. The third-order valence-electron chi connectivity index (χ3n) is 3.09. The number of sulfonamides is 1. The molecule has 0 saturated carbocycles. The third kappa shape index (κ3) is 3.94. The van der Waals surface area contributed by atoms with Gasteiger partial charge < -0.3 is 11.1 Å². The van der Waals surface area contributed by atoms with Gasteiger partial charge in [-0.15, -0.1) is 0 Å². The first-order chi connectivity index (χ1) is 8.30. The van der Waals surface area contributed by atoms with E-state index in [4.69, 9.17) is 10.9 Å². The zero-order chi connectivity index (χ0) is 13.8. The minimum Gasteiger partial charge on any atom is -0.368 e. The van der Waals surface area contributed by atoms with Gasteiger partial charge in [-0.2, -0.15) is 0 Å². The lowest BCUT2D eigenvalue weighted by Gasteiger charge is -2.27. The summed E-state index contributed by atoms with van der Waals surface area (Å²) < 4.78 is 22.1. The molecule has 1 rings (SSSR count). The maximum Gasteiger partial charge on any atom is 0.239 e. The molecular weight excluding hydrogens is 252 g/mol. The predicted octanol–water partition coefficient (Wildman–Crippen LogP) is 0.658. The highest BCUT2D eigenvalue weighted by Gasteiger charge is 2.19. The van der Waals surface area contributed by atoms with Crippen LogP contribution in [0.5, 0.6) is 0 Å². The van der Waals surface area contributed by atoms with Crippen molar-refractivity contribution >= 4 is 15.8 Å². The summed E-state index contributed by atoms with van der Waals surface area (Å²) in [4.78, 5) is 3.99. The van der Waals surface area contributed by atoms with Crippen molar-refractivity contribution in [2.45, 2.75) is 37.1 Å². The van der Waals surface area contributed by atoms with Crippen LogP contribution in [0.1, 0.15) is 26.7 Å². The fourth-order valence-corrected chi connectivity index (χ4v) is 1.88. The number of pyridine rings is 1. The van der Waals surface area contributed by atoms with Crippen LogP contribution in [0.3, 0.4) is 0 Å². The summed E-state index contributed by atoms with van der Waals surface area (Å²) in [6.45, 7) is 4.65. The van der Waals surface area contributed by atoms with Crippen LogP contribution in [0.4, 0.5) is 5.82 Å². The molecule has 0 bridgehead atoms. The van der Waals surface area contributed by atoms with E-state index in [0.29, 0.717) is 12.4 Å². The van der Waals surface area contributed by atoms with E-state index in [0.717, 1.165) is 12.8 Å². The van der Waals surface area contributed by atoms with Crippen molar-refractivity contribution in [2.75, 3.05) is 11.9 Å². The summed E-state index contributed by atoms with van der Waals surface area (Å²) in [5.74, 6) is 0.583. The van der Waals surface area contributed by atoms with Crippen LogP contribution < -0.4 is 16.2 Å². The maximum absolute atomic E-state index is 11.1. The Balaban J connectivity index is 2.71. The highest BCUT2D eigenvalue weighted by atomic mass is 32.2. The molecule has 1 aromatic rings. The second kappa shape index (κ2) is 5.64. The Kier molecular flexibility index (Phi) is 4.66. The van der Waals surface area contributed by atoms with Gasteiger partial charge in [0.2, 0.25) is 10.0 Å². The van der Waals surface area contributed by atoms with Crippen LogP contribution in [0.2, 0.25) is 0 Å². The van der Waals surface area contributed by atoms with E-state index in [1.807, 2.05) is 13.8 Å². The van der Waals surface area contributed by atoms with Crippen LogP contribution in [0, 0.1) is 0 Å². The predicted molar refractivity (Wildman–Crippen MR) is 71.6 cm³/mol. The number of rotatable bonds is 6. The molecule has 1 aromatic heterocycles. The third-order valence-corrected chi connectivity index (χ3v) is 3.99. The van der Waals surface area contributed by atoms with Crippen molar-refractivity contribution in [3.8, 4) is 0 Å². The van der Waals surface area contributed by atoms with Gasteiger partial charge in [0, 0.05) is 18.3 Å². The molecule has 0 spiro atoms. The Morgan fingerprint density at radius 3 is 2.33 bits per heavy atom. The number of hydrogen-bond donors (Lipinski definition) is 3. The van der Waals surface area contributed by atoms with Crippen molar-refractivity contribution < 1.29 is 8.42 Å². The molecule has 0 radical (unpaired) electrons. The lowest BCUT2D eigenvalue weighted by Crippen LogP contribution is -2.45. The van der Waals surface area contributed by atoms with Gasteiger partial charge in [-0.3, -0.25) is 0 Å². The van der Waals surface area contributed by atoms with E-state index in [1.165, 1.54) is 12.3 Å². The topological polar surface area (TPSA) is 111 Å². The molecule has 0 amide bonds. The molecule has 102 valence electrons. The Morgan fingerprint density at radius 1 is 1.33 bits per heavy atom. The number of nitrogens with two attached hydrogens (primary N) is 2. The van der Waals surface area contributed by atoms with Gasteiger partial charge in [-0.25, -0.2) is 18.5 Å². The molecule has 0 aliphatic carbocycles. The number of aromatic nitrogens is 1. The van der Waals surface area contributed by atoms with Crippen LogP contribution in [-0.4, -0.2) is 25.5 Å². The summed E-state index contributed by atoms with van der Waals surface area (Å²) >= 11 is 0. The number of nitrogens with zero attached hydrogens (tertiary/aromatic N) is 1. The van der Waals surface area contributed by atoms with Crippen LogP contribution in [0.15, 0.2) is 23.2 Å². The average molecular weight is 272 g/mol. The van der Waals surface area contributed by atoms with Crippen molar-refractivity contribution in [1.29, 1.82) is 0 Å². The number of hydrogen-bond acceptors (Lipinski definition) is 5. The molecule has 5 N–H and O–H groups in total. The van der Waals surface area contributed by atoms with Crippen molar-refractivity contribution in [3.63, 3.8) is 0 Å². The number of nitrogens with one attached hydrogen (secondary N) is 1. The SMILES string of the molecule is CCC(N)(CC)CNc1ccc(S(N)(=O)=O)cn1. The summed E-state index contributed by atoms with van der Waals surface area (Å²) in [5, 5.41) is 8.08. The quantitative estimate of drug-likeness (QED) is 0.704. The van der Waals surface area contributed by atoms with Crippen molar-refractivity contribution in [3.05, 3.63) is 18.3 Å². The molecule has 0 aromatic carbocycles. The van der Waals surface area contributed by atoms with Gasteiger partial charge >= 0.3 is 0 Å². The molecule has 1 heterocycles. The number of anilines is 1. The van der Waals surface area contributed by atoms with Crippen molar-refractivity contribution in [2.24, 2.45) is 10.9 Å². The van der Waals surface area contributed by atoms with Crippen LogP contribution in [-0.2, 0) is 10.0 Å². The van der Waals surface area contributed by atoms with E-state index in [-0.39, 0.29) is 10.4 Å². The van der Waals surface area contributed by atoms with E-state index in [1.54, 1.807) is 6.07 Å². The normalized spacial score (nSPS) is 12.4. The van der Waals surface area contributed by atoms with Gasteiger partial charge in [-0.05, 0) is 25.0 Å². The first kappa shape index (κ1) is 14.9. The molecule has 18 heavy (non-hydrogen) atoms. The molecule has 6 nitrogen and oxygen atoms in total. The van der Waals surface area contributed by atoms with Gasteiger partial charge in [0.1, 0.15) is 10.7 Å². The Hall–Kier alpha value is -1.18. The Bertz CT molecular complexity index is 480. The fraction of sp³-hybridized carbons (Fsp3) is 0.545. The van der Waals surface area contributed by atoms with E-state index < -0.39 is 10.0 Å². The standard InChI is InChI=1S/C11H20N4O2S/c1-3-11(12,4-2)8-15-10-6-5-9(7-14-10)18(13,16)17/h5-7H,3-4,8,12H2,1-2H3,(H,14,15)(H2,13,16,17). The van der Waals surface area contributed by atoms with E-state index >= 15 is 0 Å². The monoisotopic (exact) mass is 272 g/mol. The first-order valence-electron chi connectivity index (χ1n) is 5.82. The highest BCUT2D eigenvalue weighted by Crippen LogP contribution is 2.14. The Labute approximate surface area is 108 Å². The molecule has 0 unspecified atom stereocenters. The minimum absolute atomic E-state index is 0.00181. The van der Waals surface area contributed by atoms with Gasteiger partial charge in [0.05, 0.1) is 0 Å². The van der Waals surface area contributed by atoms with E-state index in [2.05, 4.69) is 10.3 Å². The molecule has 0 fully saturated rings. The average Bonchev–Trinajstić information content (AvgIpc) is 2.35. The summed E-state index contributed by atoms with van der Waals surface area (Å²) in [6.07, 6.45) is 2.94. The summed E-state index contributed by atoms with van der Waals surface area (Å²) in [6, 6.07) is 2.99. The lowest BCUT2D eigenvalue weighted by atomic mass is 9.94. The van der Waals surface area contributed by atoms with Crippen molar-refractivity contribution in [1.82, 2.24) is 4.98 Å². The lowest BCUT2D eigenvalue weighted by molar-refractivity contribution is 0.418. The second-order valence-corrected chi connectivity index (χ2v) is 5.91. The first-order valence-corrected chi connectivity index (χ1v) is 7.37. The van der Waals surface area contributed by atoms with E-state index in [9.17, 15) is 8.42 Å². The second-order valence-electron chi connectivity index (χ2n) is 4.35. The maximum atomic E-state index is 11.1. The zero-order valence-corrected chi connectivity index (χ0v) is 11.5. The van der Waals surface area contributed by atoms with Gasteiger partial charge in [-0.1, -0.05) is 13.8 Å². The van der Waals surface area contributed by atoms with Gasteiger partial charge in [0.25, 0.3) is 0 Å². The minimum atomic E-state index is -3.69. The fourth-order valence-electron chi connectivity index (χ4n) is 1.42. The smallest absolute Gasteiger partial charge is 0.239 e.